The molecule has 5 nitrogen and oxygen atoms in total. The first-order chi connectivity index (χ1) is 10.2. The number of carbonyl (C=O) groups excluding carboxylic acids is 1. The number of fused-ring (bicyclic) bond motifs is 1. The summed E-state index contributed by atoms with van der Waals surface area (Å²) in [4.78, 5) is 11.5. The summed E-state index contributed by atoms with van der Waals surface area (Å²) in [5, 5.41) is 8.30. The molecule has 2 aromatic carbocycles. The molecule has 21 heavy (non-hydrogen) atoms. The highest BCUT2D eigenvalue weighted by molar-refractivity contribution is 5.94. The van der Waals surface area contributed by atoms with Crippen LogP contribution in [0.2, 0.25) is 0 Å². The van der Waals surface area contributed by atoms with Gasteiger partial charge in [0, 0.05) is 11.1 Å². The topological polar surface area (TPSA) is 57.0 Å². The minimum absolute atomic E-state index is 0.0300. The number of carbonyl (C=O) groups is 1. The first-order valence-electron chi connectivity index (χ1n) is 6.65. The van der Waals surface area contributed by atoms with Crippen molar-refractivity contribution in [1.29, 1.82) is 0 Å². The smallest absolute Gasteiger partial charge is 0.159 e. The number of ether oxygens (including phenoxy) is 1. The van der Waals surface area contributed by atoms with E-state index in [0.717, 1.165) is 22.3 Å². The van der Waals surface area contributed by atoms with Crippen LogP contribution in [0.3, 0.4) is 0 Å². The van der Waals surface area contributed by atoms with Gasteiger partial charge in [0.15, 0.2) is 5.78 Å². The van der Waals surface area contributed by atoms with Gasteiger partial charge in [-0.25, -0.2) is 4.68 Å². The summed E-state index contributed by atoms with van der Waals surface area (Å²) < 4.78 is 7.17. The van der Waals surface area contributed by atoms with Crippen LogP contribution >= 0.6 is 0 Å². The number of aromatic nitrogens is 3. The summed E-state index contributed by atoms with van der Waals surface area (Å²) in [7, 11) is 1.62. The summed E-state index contributed by atoms with van der Waals surface area (Å²) in [5.41, 5.74) is 3.36. The molecule has 5 heteroatoms. The van der Waals surface area contributed by atoms with Gasteiger partial charge in [0.1, 0.15) is 11.3 Å². The fraction of sp³-hybridized carbons (Fsp3) is 0.188. The lowest BCUT2D eigenvalue weighted by Crippen LogP contribution is -2.05. The van der Waals surface area contributed by atoms with Crippen molar-refractivity contribution < 1.29 is 9.53 Å². The monoisotopic (exact) mass is 281 g/mol. The van der Waals surface area contributed by atoms with E-state index in [9.17, 15) is 4.79 Å². The molecule has 0 fully saturated rings. The molecule has 0 N–H and O–H groups in total. The molecule has 1 heterocycles. The van der Waals surface area contributed by atoms with Crippen LogP contribution in [0, 0.1) is 0 Å². The van der Waals surface area contributed by atoms with E-state index in [1.54, 1.807) is 24.8 Å². The van der Waals surface area contributed by atoms with Gasteiger partial charge in [0.25, 0.3) is 0 Å². The van der Waals surface area contributed by atoms with Gasteiger partial charge in [0.05, 0.1) is 19.2 Å². The number of hydrogen-bond acceptors (Lipinski definition) is 4. The standard InChI is InChI=1S/C16H15N3O2/c1-11(20)12-7-8-16(21-2)13(9-12)10-19-15-6-4-3-5-14(15)17-18-19/h3-9H,10H2,1-2H3. The van der Waals surface area contributed by atoms with Crippen molar-refractivity contribution in [2.45, 2.75) is 13.5 Å². The highest BCUT2D eigenvalue weighted by Gasteiger charge is 2.10. The van der Waals surface area contributed by atoms with E-state index < -0.39 is 0 Å². The molecule has 0 aliphatic rings. The Hall–Kier alpha value is -2.69. The maximum absolute atomic E-state index is 11.5. The Bertz CT molecular complexity index is 808. The lowest BCUT2D eigenvalue weighted by Gasteiger charge is -2.10. The molecule has 0 saturated heterocycles. The normalized spacial score (nSPS) is 10.8. The van der Waals surface area contributed by atoms with E-state index in [1.165, 1.54) is 0 Å². The second-order valence-electron chi connectivity index (χ2n) is 4.82. The fourth-order valence-corrected chi connectivity index (χ4v) is 2.32. The molecule has 0 aliphatic carbocycles. The van der Waals surface area contributed by atoms with Crippen molar-refractivity contribution in [3.63, 3.8) is 0 Å². The van der Waals surface area contributed by atoms with Crippen molar-refractivity contribution in [3.05, 3.63) is 53.6 Å². The van der Waals surface area contributed by atoms with Crippen LogP contribution in [-0.4, -0.2) is 27.9 Å². The third-order valence-corrected chi connectivity index (χ3v) is 3.43. The van der Waals surface area contributed by atoms with Crippen molar-refractivity contribution in [3.8, 4) is 5.75 Å². The summed E-state index contributed by atoms with van der Waals surface area (Å²) in [6.45, 7) is 2.06. The molecule has 1 aromatic heterocycles. The molecule has 3 rings (SSSR count). The van der Waals surface area contributed by atoms with Crippen molar-refractivity contribution in [1.82, 2.24) is 15.0 Å². The van der Waals surface area contributed by atoms with Crippen molar-refractivity contribution in [2.75, 3.05) is 7.11 Å². The number of methoxy groups -OCH3 is 1. The van der Waals surface area contributed by atoms with E-state index in [2.05, 4.69) is 10.3 Å². The summed E-state index contributed by atoms with van der Waals surface area (Å²) >= 11 is 0. The van der Waals surface area contributed by atoms with Crippen LogP contribution in [0.4, 0.5) is 0 Å². The molecule has 0 saturated carbocycles. The van der Waals surface area contributed by atoms with E-state index in [0.29, 0.717) is 12.1 Å². The molecule has 0 bridgehead atoms. The van der Waals surface area contributed by atoms with Crippen LogP contribution in [0.1, 0.15) is 22.8 Å². The van der Waals surface area contributed by atoms with Gasteiger partial charge in [-0.15, -0.1) is 5.10 Å². The highest BCUT2D eigenvalue weighted by atomic mass is 16.5. The second-order valence-corrected chi connectivity index (χ2v) is 4.82. The molecule has 0 atom stereocenters. The van der Waals surface area contributed by atoms with Crippen LogP contribution in [0.25, 0.3) is 11.0 Å². The Morgan fingerprint density at radius 2 is 2.05 bits per heavy atom. The van der Waals surface area contributed by atoms with Gasteiger partial charge >= 0.3 is 0 Å². The van der Waals surface area contributed by atoms with Crippen LogP contribution in [0.5, 0.6) is 5.75 Å². The van der Waals surface area contributed by atoms with E-state index in [-0.39, 0.29) is 5.78 Å². The van der Waals surface area contributed by atoms with Gasteiger partial charge < -0.3 is 4.74 Å². The molecular formula is C16H15N3O2. The van der Waals surface area contributed by atoms with Gasteiger partial charge in [-0.1, -0.05) is 17.3 Å². The number of benzene rings is 2. The maximum Gasteiger partial charge on any atom is 0.159 e. The molecule has 0 amide bonds. The minimum Gasteiger partial charge on any atom is -0.496 e. The number of hydrogen-bond donors (Lipinski definition) is 0. The zero-order valence-electron chi connectivity index (χ0n) is 11.9. The zero-order valence-corrected chi connectivity index (χ0v) is 11.9. The lowest BCUT2D eigenvalue weighted by molar-refractivity contribution is 0.101. The van der Waals surface area contributed by atoms with E-state index in [4.69, 9.17) is 4.74 Å². The number of ketones is 1. The van der Waals surface area contributed by atoms with Gasteiger partial charge in [0.2, 0.25) is 0 Å². The molecular weight excluding hydrogens is 266 g/mol. The third-order valence-electron chi connectivity index (χ3n) is 3.43. The van der Waals surface area contributed by atoms with Crippen LogP contribution in [-0.2, 0) is 6.54 Å². The van der Waals surface area contributed by atoms with Crippen LogP contribution < -0.4 is 4.74 Å². The summed E-state index contributed by atoms with van der Waals surface area (Å²) in [5.74, 6) is 0.766. The highest BCUT2D eigenvalue weighted by Crippen LogP contribution is 2.22. The van der Waals surface area contributed by atoms with Gasteiger partial charge in [-0.3, -0.25) is 4.79 Å². The molecule has 0 unspecified atom stereocenters. The maximum atomic E-state index is 11.5. The molecule has 106 valence electrons. The molecule has 0 aliphatic heterocycles. The first kappa shape index (κ1) is 13.3. The Morgan fingerprint density at radius 1 is 1.24 bits per heavy atom. The number of nitrogens with zero attached hydrogens (tertiary/aromatic N) is 3. The third kappa shape index (κ3) is 2.50. The first-order valence-corrected chi connectivity index (χ1v) is 6.65. The minimum atomic E-state index is 0.0300. The van der Waals surface area contributed by atoms with Crippen molar-refractivity contribution in [2.24, 2.45) is 0 Å². The fourth-order valence-electron chi connectivity index (χ4n) is 2.32. The second kappa shape index (κ2) is 5.36. The Labute approximate surface area is 122 Å². The Kier molecular flexibility index (Phi) is 3.39. The molecule has 0 spiro atoms. The Balaban J connectivity index is 2.04. The zero-order chi connectivity index (χ0) is 14.8. The number of Topliss-reactive ketones (excluding diaryl/α,β-unsaturated/α-hetero) is 1. The number of rotatable bonds is 4. The summed E-state index contributed by atoms with van der Waals surface area (Å²) in [6.07, 6.45) is 0. The number of para-hydroxylation sites is 1. The predicted octanol–water partition coefficient (Wildman–Crippen LogP) is 2.69. The average Bonchev–Trinajstić information content (AvgIpc) is 2.90. The SMILES string of the molecule is COc1ccc(C(C)=O)cc1Cn1nnc2ccccc21. The largest absolute Gasteiger partial charge is 0.496 e. The average molecular weight is 281 g/mol. The van der Waals surface area contributed by atoms with Gasteiger partial charge in [-0.05, 0) is 37.3 Å². The molecule has 0 radical (unpaired) electrons. The van der Waals surface area contributed by atoms with E-state index in [1.807, 2.05) is 36.4 Å². The van der Waals surface area contributed by atoms with Gasteiger partial charge in [-0.2, -0.15) is 0 Å². The molecule has 3 aromatic rings. The summed E-state index contributed by atoms with van der Waals surface area (Å²) in [6, 6.07) is 13.2. The lowest BCUT2D eigenvalue weighted by atomic mass is 10.1. The Morgan fingerprint density at radius 3 is 2.81 bits per heavy atom. The van der Waals surface area contributed by atoms with E-state index >= 15 is 0 Å². The van der Waals surface area contributed by atoms with Crippen LogP contribution in [0.15, 0.2) is 42.5 Å². The van der Waals surface area contributed by atoms with Crippen molar-refractivity contribution >= 4 is 16.8 Å². The quantitative estimate of drug-likeness (QED) is 0.690. The predicted molar refractivity (Wildman–Crippen MR) is 79.6 cm³/mol.